The zero-order valence-corrected chi connectivity index (χ0v) is 15.0. The highest BCUT2D eigenvalue weighted by Crippen LogP contribution is 2.27. The number of rotatable bonds is 6. The monoisotopic (exact) mass is 327 g/mol. The highest BCUT2D eigenvalue weighted by Gasteiger charge is 2.24. The number of carbonyl (C=O) groups excluding carboxylic acids is 2. The Balaban J connectivity index is 2.40. The molecule has 0 radical (unpaired) electrons. The van der Waals surface area contributed by atoms with E-state index in [0.29, 0.717) is 17.7 Å². The smallest absolute Gasteiger partial charge is 0.302 e. The Kier molecular flexibility index (Phi) is 5.60. The van der Waals surface area contributed by atoms with Crippen molar-refractivity contribution < 1.29 is 14.3 Å². The van der Waals surface area contributed by atoms with Gasteiger partial charge in [0.25, 0.3) is 0 Å². The van der Waals surface area contributed by atoms with Crippen LogP contribution in [0.1, 0.15) is 54.1 Å². The van der Waals surface area contributed by atoms with E-state index in [4.69, 9.17) is 4.74 Å². The summed E-state index contributed by atoms with van der Waals surface area (Å²) < 4.78 is 7.35. The van der Waals surface area contributed by atoms with Gasteiger partial charge in [0, 0.05) is 29.4 Å². The first kappa shape index (κ1) is 18.0. The van der Waals surface area contributed by atoms with Crippen molar-refractivity contribution in [3.63, 3.8) is 0 Å². The molecule has 1 unspecified atom stereocenters. The van der Waals surface area contributed by atoms with Crippen LogP contribution in [0.4, 0.5) is 0 Å². The average Bonchev–Trinajstić information content (AvgIpc) is 2.83. The third kappa shape index (κ3) is 3.75. The molecule has 1 heterocycles. The summed E-state index contributed by atoms with van der Waals surface area (Å²) in [4.78, 5) is 24.0. The van der Waals surface area contributed by atoms with Crippen LogP contribution in [-0.2, 0) is 9.53 Å². The summed E-state index contributed by atoms with van der Waals surface area (Å²) in [5.41, 5.74) is 3.29. The standard InChI is InChI=1S/C20H25NO3/c1-13(2)19(12-24-16(5)22)21-14(3)11-18(15(21)4)20(23)17-9-7-6-8-10-17/h6-11,13,19H,12H2,1-5H3. The highest BCUT2D eigenvalue weighted by molar-refractivity contribution is 6.09. The molecule has 2 rings (SSSR count). The van der Waals surface area contributed by atoms with Crippen molar-refractivity contribution in [2.45, 2.75) is 40.7 Å². The molecule has 0 amide bonds. The van der Waals surface area contributed by atoms with E-state index in [-0.39, 0.29) is 23.7 Å². The topological polar surface area (TPSA) is 48.3 Å². The molecule has 0 bridgehead atoms. The minimum Gasteiger partial charge on any atom is -0.464 e. The summed E-state index contributed by atoms with van der Waals surface area (Å²) in [5, 5.41) is 0. The molecular formula is C20H25NO3. The fourth-order valence-electron chi connectivity index (χ4n) is 3.03. The van der Waals surface area contributed by atoms with Crippen molar-refractivity contribution in [1.82, 2.24) is 4.57 Å². The molecule has 0 spiro atoms. The molecule has 4 heteroatoms. The van der Waals surface area contributed by atoms with Gasteiger partial charge in [0.1, 0.15) is 6.61 Å². The summed E-state index contributed by atoms with van der Waals surface area (Å²) in [5.74, 6) is 0.00228. The molecule has 0 saturated carbocycles. The molecule has 24 heavy (non-hydrogen) atoms. The molecule has 2 aromatic rings. The van der Waals surface area contributed by atoms with Crippen LogP contribution in [0.15, 0.2) is 36.4 Å². The fourth-order valence-corrected chi connectivity index (χ4v) is 3.03. The van der Waals surface area contributed by atoms with Gasteiger partial charge in [-0.1, -0.05) is 44.2 Å². The first-order chi connectivity index (χ1) is 11.3. The van der Waals surface area contributed by atoms with E-state index in [9.17, 15) is 9.59 Å². The summed E-state index contributed by atoms with van der Waals surface area (Å²) >= 11 is 0. The van der Waals surface area contributed by atoms with E-state index < -0.39 is 0 Å². The van der Waals surface area contributed by atoms with Crippen molar-refractivity contribution in [3.05, 3.63) is 58.9 Å². The van der Waals surface area contributed by atoms with Gasteiger partial charge in [0.15, 0.2) is 5.78 Å². The number of nitrogens with zero attached hydrogens (tertiary/aromatic N) is 1. The second kappa shape index (κ2) is 7.47. The van der Waals surface area contributed by atoms with E-state index in [2.05, 4.69) is 18.4 Å². The van der Waals surface area contributed by atoms with E-state index in [1.54, 1.807) is 0 Å². The number of ketones is 1. The van der Waals surface area contributed by atoms with Gasteiger partial charge in [0.05, 0.1) is 6.04 Å². The Morgan fingerprint density at radius 2 is 1.75 bits per heavy atom. The normalized spacial score (nSPS) is 12.2. The number of aryl methyl sites for hydroxylation is 1. The van der Waals surface area contributed by atoms with Gasteiger partial charge in [0.2, 0.25) is 0 Å². The molecule has 128 valence electrons. The van der Waals surface area contributed by atoms with Gasteiger partial charge in [-0.3, -0.25) is 9.59 Å². The van der Waals surface area contributed by atoms with Gasteiger partial charge in [-0.2, -0.15) is 0 Å². The van der Waals surface area contributed by atoms with Crippen molar-refractivity contribution in [3.8, 4) is 0 Å². The van der Waals surface area contributed by atoms with E-state index in [1.165, 1.54) is 6.92 Å². The first-order valence-electron chi connectivity index (χ1n) is 8.24. The zero-order valence-electron chi connectivity index (χ0n) is 15.0. The maximum Gasteiger partial charge on any atom is 0.302 e. The van der Waals surface area contributed by atoms with Crippen molar-refractivity contribution in [2.24, 2.45) is 5.92 Å². The number of hydrogen-bond acceptors (Lipinski definition) is 3. The van der Waals surface area contributed by atoms with Gasteiger partial charge in [-0.05, 0) is 25.8 Å². The number of esters is 1. The maximum absolute atomic E-state index is 12.8. The van der Waals surface area contributed by atoms with Crippen molar-refractivity contribution in [2.75, 3.05) is 6.61 Å². The van der Waals surface area contributed by atoms with Crippen LogP contribution in [0, 0.1) is 19.8 Å². The summed E-state index contributed by atoms with van der Waals surface area (Å²) in [6.45, 7) is 9.83. The molecule has 0 aliphatic carbocycles. The van der Waals surface area contributed by atoms with Crippen LogP contribution < -0.4 is 0 Å². The molecule has 1 aromatic carbocycles. The highest BCUT2D eigenvalue weighted by atomic mass is 16.5. The van der Waals surface area contributed by atoms with Gasteiger partial charge >= 0.3 is 5.97 Å². The van der Waals surface area contributed by atoms with E-state index in [1.807, 2.05) is 50.2 Å². The van der Waals surface area contributed by atoms with Crippen LogP contribution >= 0.6 is 0 Å². The molecule has 4 nitrogen and oxygen atoms in total. The molecule has 0 saturated heterocycles. The minimum absolute atomic E-state index is 0.00576. The third-order valence-corrected chi connectivity index (χ3v) is 4.32. The first-order valence-corrected chi connectivity index (χ1v) is 8.24. The number of hydrogen-bond donors (Lipinski definition) is 0. The Bertz CT molecular complexity index is 729. The van der Waals surface area contributed by atoms with Gasteiger partial charge < -0.3 is 9.30 Å². The molecule has 1 aromatic heterocycles. The van der Waals surface area contributed by atoms with Crippen molar-refractivity contribution >= 4 is 11.8 Å². The Labute approximate surface area is 143 Å². The minimum atomic E-state index is -0.288. The summed E-state index contributed by atoms with van der Waals surface area (Å²) in [6.07, 6.45) is 0. The second-order valence-corrected chi connectivity index (χ2v) is 6.46. The molecule has 0 N–H and O–H groups in total. The predicted molar refractivity (Wildman–Crippen MR) is 94.3 cm³/mol. The van der Waals surface area contributed by atoms with Gasteiger partial charge in [-0.15, -0.1) is 0 Å². The lowest BCUT2D eigenvalue weighted by atomic mass is 10.0. The largest absolute Gasteiger partial charge is 0.464 e. The zero-order chi connectivity index (χ0) is 17.9. The summed E-state index contributed by atoms with van der Waals surface area (Å²) in [6, 6.07) is 11.2. The molecular weight excluding hydrogens is 302 g/mol. The van der Waals surface area contributed by atoms with E-state index >= 15 is 0 Å². The Morgan fingerprint density at radius 1 is 1.12 bits per heavy atom. The second-order valence-electron chi connectivity index (χ2n) is 6.46. The van der Waals surface area contributed by atoms with Crippen LogP contribution in [0.3, 0.4) is 0 Å². The number of ether oxygens (including phenoxy) is 1. The quantitative estimate of drug-likeness (QED) is 0.593. The number of carbonyl (C=O) groups is 2. The molecule has 0 aliphatic heterocycles. The number of aromatic nitrogens is 1. The SMILES string of the molecule is CC(=O)OCC(C(C)C)n1c(C)cc(C(=O)c2ccccc2)c1C. The van der Waals surface area contributed by atoms with Crippen molar-refractivity contribution in [1.29, 1.82) is 0 Å². The summed E-state index contributed by atoms with van der Waals surface area (Å²) in [7, 11) is 0. The lowest BCUT2D eigenvalue weighted by Gasteiger charge is -2.26. The van der Waals surface area contributed by atoms with Crippen LogP contribution in [0.2, 0.25) is 0 Å². The predicted octanol–water partition coefficient (Wildman–Crippen LogP) is 4.10. The Morgan fingerprint density at radius 3 is 2.29 bits per heavy atom. The molecule has 1 atom stereocenters. The third-order valence-electron chi connectivity index (χ3n) is 4.32. The van der Waals surface area contributed by atoms with E-state index in [0.717, 1.165) is 11.4 Å². The molecule has 0 aliphatic rings. The van der Waals surface area contributed by atoms with Crippen LogP contribution in [0.25, 0.3) is 0 Å². The van der Waals surface area contributed by atoms with Crippen LogP contribution in [-0.4, -0.2) is 22.9 Å². The van der Waals surface area contributed by atoms with Crippen LogP contribution in [0.5, 0.6) is 0 Å². The number of benzene rings is 1. The Hall–Kier alpha value is -2.36. The molecule has 0 fully saturated rings. The lowest BCUT2D eigenvalue weighted by molar-refractivity contribution is -0.142. The lowest BCUT2D eigenvalue weighted by Crippen LogP contribution is -2.24. The maximum atomic E-state index is 12.8. The fraction of sp³-hybridized carbons (Fsp3) is 0.400. The average molecular weight is 327 g/mol. The van der Waals surface area contributed by atoms with Gasteiger partial charge in [-0.25, -0.2) is 0 Å².